The van der Waals surface area contributed by atoms with Crippen molar-refractivity contribution in [2.24, 2.45) is 5.92 Å². The van der Waals surface area contributed by atoms with Crippen LogP contribution in [0, 0.1) is 5.92 Å². The van der Waals surface area contributed by atoms with Gasteiger partial charge in [0.2, 0.25) is 0 Å². The van der Waals surface area contributed by atoms with Gasteiger partial charge in [-0.05, 0) is 89.5 Å². The van der Waals surface area contributed by atoms with Crippen molar-refractivity contribution in [2.45, 2.75) is 210 Å². The lowest BCUT2D eigenvalue weighted by molar-refractivity contribution is -0.137. The van der Waals surface area contributed by atoms with Gasteiger partial charge >= 0.3 is 23.9 Å². The summed E-state index contributed by atoms with van der Waals surface area (Å²) in [6.45, 7) is 41.0. The molecule has 4 rings (SSSR count). The summed E-state index contributed by atoms with van der Waals surface area (Å²) in [7, 11) is -12.9. The largest absolute Gasteiger partial charge is 0.481 e. The van der Waals surface area contributed by atoms with E-state index in [-0.39, 0.29) is 74.2 Å². The fourth-order valence-electron chi connectivity index (χ4n) is 5.50. The van der Waals surface area contributed by atoms with Gasteiger partial charge in [-0.3, -0.25) is 19.2 Å². The second-order valence-corrected chi connectivity index (χ2v) is 23.5. The molecule has 0 amide bonds. The highest BCUT2D eigenvalue weighted by molar-refractivity contribution is 7.92. The highest BCUT2D eigenvalue weighted by atomic mass is 32.2. The van der Waals surface area contributed by atoms with Gasteiger partial charge < -0.3 is 20.4 Å². The predicted octanol–water partition coefficient (Wildman–Crippen LogP) is 14.4. The van der Waals surface area contributed by atoms with Crippen molar-refractivity contribution in [3.63, 3.8) is 0 Å². The van der Waals surface area contributed by atoms with Gasteiger partial charge in [-0.15, -0.1) is 0 Å². The number of carboxylic acids is 4. The zero-order chi connectivity index (χ0) is 65.6. The lowest BCUT2D eigenvalue weighted by Gasteiger charge is -2.07. The summed E-state index contributed by atoms with van der Waals surface area (Å²) in [5.41, 5.74) is 2.40. The number of aliphatic carboxylic acids is 4. The van der Waals surface area contributed by atoms with Crippen LogP contribution in [0.15, 0.2) is 117 Å². The van der Waals surface area contributed by atoms with E-state index in [1.165, 1.54) is 72.8 Å². The molecule has 4 N–H and O–H groups in total. The van der Waals surface area contributed by atoms with Crippen LogP contribution in [0.2, 0.25) is 0 Å². The van der Waals surface area contributed by atoms with Crippen LogP contribution in [-0.2, 0) is 84.2 Å². The van der Waals surface area contributed by atoms with Gasteiger partial charge in [-0.2, -0.15) is 0 Å². The quantitative estimate of drug-likeness (QED) is 0.0640. The minimum Gasteiger partial charge on any atom is -0.481 e. The summed E-state index contributed by atoms with van der Waals surface area (Å²) < 4.78 is 93.5. The summed E-state index contributed by atoms with van der Waals surface area (Å²) in [4.78, 5) is 42.8. The summed E-state index contributed by atoms with van der Waals surface area (Å²) in [6, 6.07) is 24.0. The maximum atomic E-state index is 11.9. The third-order valence-electron chi connectivity index (χ3n) is 8.72. The van der Waals surface area contributed by atoms with Gasteiger partial charge in [-0.25, -0.2) is 33.7 Å². The number of sulfone groups is 4. The number of carboxylic acid groups (broad SMARTS) is 4. The molecule has 0 fully saturated rings. The van der Waals surface area contributed by atoms with E-state index < -0.39 is 63.2 Å². The first kappa shape index (κ1) is 92.0. The van der Waals surface area contributed by atoms with E-state index in [1.54, 1.807) is 38.1 Å². The molecule has 81 heavy (non-hydrogen) atoms. The van der Waals surface area contributed by atoms with Crippen LogP contribution < -0.4 is 0 Å². The monoisotopic (exact) mass is 1220 g/mol. The Hall–Kier alpha value is -5.44. The zero-order valence-electron chi connectivity index (χ0n) is 52.9. The molecule has 16 nitrogen and oxygen atoms in total. The van der Waals surface area contributed by atoms with Crippen molar-refractivity contribution >= 4 is 63.2 Å². The Morgan fingerprint density at radius 2 is 0.543 bits per heavy atom. The van der Waals surface area contributed by atoms with Crippen LogP contribution in [0.25, 0.3) is 0 Å². The smallest absolute Gasteiger partial charge is 0.307 e. The minimum atomic E-state index is -3.25. The number of unbranched alkanes of at least 4 members (excludes halogenated alkanes) is 1. The first-order valence-corrected chi connectivity index (χ1v) is 34.9. The normalized spacial score (nSPS) is 9.75. The predicted molar refractivity (Wildman–Crippen MR) is 336 cm³/mol. The summed E-state index contributed by atoms with van der Waals surface area (Å²) in [5.74, 6) is -3.23. The molecule has 0 saturated carbocycles. The summed E-state index contributed by atoms with van der Waals surface area (Å²) in [6.07, 6.45) is 1.68. The third-order valence-corrected chi connectivity index (χ3v) is 16.3. The second-order valence-electron chi connectivity index (χ2n) is 14.9. The van der Waals surface area contributed by atoms with Crippen molar-refractivity contribution < 1.29 is 73.3 Å². The van der Waals surface area contributed by atoms with Gasteiger partial charge in [0.05, 0.1) is 68.3 Å². The van der Waals surface area contributed by atoms with Crippen molar-refractivity contribution in [1.82, 2.24) is 0 Å². The van der Waals surface area contributed by atoms with E-state index in [4.69, 9.17) is 20.4 Å². The SMILES string of the molecule is CC.CC.CC.CC.CC.CC.CC.CC.CC(C)CS(=O)(=O)c1ccc(CC(=O)O)cc1.CCCCS(=O)(=O)c1ccc(CC(=O)O)cc1.CCCS(=O)(=O)c1ccc(CC(=O)O)cc1.CCS(=O)(=O)c1ccc(CC(=O)O)cc1. The highest BCUT2D eigenvalue weighted by Gasteiger charge is 2.17. The Morgan fingerprint density at radius 3 is 0.728 bits per heavy atom. The average Bonchev–Trinajstić information content (AvgIpc) is 3.45. The Labute approximate surface area is 491 Å². The molecule has 0 saturated heterocycles. The number of hydrogen-bond donors (Lipinski definition) is 4. The molecular weight excluding hydrogens is 1120 g/mol. The number of hydrogen-bond acceptors (Lipinski definition) is 12. The molecule has 0 unspecified atom stereocenters. The van der Waals surface area contributed by atoms with Crippen LogP contribution in [0.3, 0.4) is 0 Å². The molecule has 0 aliphatic carbocycles. The van der Waals surface area contributed by atoms with E-state index in [2.05, 4.69) is 0 Å². The molecule has 0 bridgehead atoms. The van der Waals surface area contributed by atoms with E-state index in [9.17, 15) is 52.8 Å². The molecule has 470 valence electrons. The Kier molecular flexibility index (Phi) is 64.1. The minimum absolute atomic E-state index is 0.0469. The van der Waals surface area contributed by atoms with Crippen molar-refractivity contribution in [2.75, 3.05) is 23.0 Å². The average molecular weight is 1220 g/mol. The van der Waals surface area contributed by atoms with Crippen LogP contribution in [0.4, 0.5) is 0 Å². The fourth-order valence-corrected chi connectivity index (χ4v) is 10.8. The number of benzene rings is 4. The standard InChI is InChI=1S/2C12H16O4S.C11H14O4S.C10H12O4S.8C2H6/c1-9(2)8-17(15,16)11-5-3-10(4-6-11)7-12(13)14;1-2-3-8-17(15,16)11-6-4-10(5-7-11)9-12(13)14;1-2-7-16(14,15)10-5-3-9(4-6-10)8-11(12)13;1-2-15(13,14)9-5-3-8(4-6-9)7-10(11)12;8*1-2/h3-6,9H,7-8H2,1-2H3,(H,13,14);4-7H,2-3,8-9H2,1H3,(H,13,14);3-6H,2,7-8H2,1H3,(H,12,13);3-6H,2,7H2,1H3,(H,11,12);8*1-2H3. The van der Waals surface area contributed by atoms with E-state index in [0.717, 1.165) is 6.42 Å². The zero-order valence-corrected chi connectivity index (χ0v) is 56.2. The third kappa shape index (κ3) is 46.8. The van der Waals surface area contributed by atoms with Crippen molar-refractivity contribution in [1.29, 1.82) is 0 Å². The molecular formula is C61H106O16S4. The summed E-state index contributed by atoms with van der Waals surface area (Å²) in [5, 5.41) is 34.3. The Bertz CT molecular complexity index is 2610. The number of carbonyl (C=O) groups is 4. The first-order valence-electron chi connectivity index (χ1n) is 28.3. The lowest BCUT2D eigenvalue weighted by Crippen LogP contribution is -2.12. The molecule has 0 aromatic heterocycles. The van der Waals surface area contributed by atoms with Crippen LogP contribution >= 0.6 is 0 Å². The fraction of sp³-hybridized carbons (Fsp3) is 0.541. The van der Waals surface area contributed by atoms with Gasteiger partial charge in [0.1, 0.15) is 0 Å². The Morgan fingerprint density at radius 1 is 0.333 bits per heavy atom. The summed E-state index contributed by atoms with van der Waals surface area (Å²) >= 11 is 0. The highest BCUT2D eigenvalue weighted by Crippen LogP contribution is 2.18. The van der Waals surface area contributed by atoms with Crippen LogP contribution in [0.5, 0.6) is 0 Å². The van der Waals surface area contributed by atoms with Crippen LogP contribution in [-0.4, -0.2) is 101 Å². The molecule has 0 aliphatic rings. The lowest BCUT2D eigenvalue weighted by atomic mass is 10.2. The van der Waals surface area contributed by atoms with E-state index >= 15 is 0 Å². The molecule has 0 aliphatic heterocycles. The molecule has 0 heterocycles. The van der Waals surface area contributed by atoms with E-state index in [1.807, 2.05) is 132 Å². The van der Waals surface area contributed by atoms with Gasteiger partial charge in [0.15, 0.2) is 39.3 Å². The number of rotatable bonds is 20. The van der Waals surface area contributed by atoms with Crippen molar-refractivity contribution in [3.8, 4) is 0 Å². The maximum Gasteiger partial charge on any atom is 0.307 e. The molecule has 20 heteroatoms. The molecule has 0 atom stereocenters. The second kappa shape index (κ2) is 56.4. The van der Waals surface area contributed by atoms with Gasteiger partial charge in [0, 0.05) is 0 Å². The molecule has 4 aromatic carbocycles. The molecule has 0 radical (unpaired) electrons. The van der Waals surface area contributed by atoms with Gasteiger partial charge in [0.25, 0.3) is 0 Å². The van der Waals surface area contributed by atoms with Gasteiger partial charge in [-0.1, -0.05) is 200 Å². The molecule has 0 spiro atoms. The van der Waals surface area contributed by atoms with E-state index in [0.29, 0.717) is 35.1 Å². The first-order chi connectivity index (χ1) is 38.2. The van der Waals surface area contributed by atoms with Crippen molar-refractivity contribution in [3.05, 3.63) is 119 Å². The Balaban J connectivity index is -0.000000135. The maximum absolute atomic E-state index is 11.9. The van der Waals surface area contributed by atoms with Crippen LogP contribution in [0.1, 0.15) is 187 Å². The molecule has 4 aromatic rings. The topological polar surface area (TPSA) is 286 Å².